The number of carbonyl (C=O) groups is 1. The number of amides is 1. The third-order valence-electron chi connectivity index (χ3n) is 5.81. The quantitative estimate of drug-likeness (QED) is 0.632. The minimum Gasteiger partial charge on any atom is -0.350 e. The Labute approximate surface area is 185 Å². The highest BCUT2D eigenvalue weighted by Gasteiger charge is 2.39. The molecule has 1 fully saturated rings. The van der Waals surface area contributed by atoms with Crippen LogP contribution >= 0.6 is 0 Å². The molecular formula is C22H22N6O3S. The third-order valence-corrected chi connectivity index (χ3v) is 7.14. The number of amidine groups is 1. The number of nitrogens with one attached hydrogen (secondary N) is 1. The van der Waals surface area contributed by atoms with Crippen LogP contribution in [0.5, 0.6) is 0 Å². The first kappa shape index (κ1) is 20.4. The van der Waals surface area contributed by atoms with E-state index in [1.54, 1.807) is 35.3 Å². The predicted octanol–water partition coefficient (Wildman–Crippen LogP) is 1.56. The Morgan fingerprint density at radius 3 is 2.69 bits per heavy atom. The van der Waals surface area contributed by atoms with E-state index in [9.17, 15) is 13.2 Å². The molecule has 0 saturated carbocycles. The molecule has 1 N–H and O–H groups in total. The summed E-state index contributed by atoms with van der Waals surface area (Å²) in [4.78, 5) is 19.1. The second-order valence-corrected chi connectivity index (χ2v) is 9.39. The number of sulfonamides is 1. The normalized spacial score (nSPS) is 18.9. The van der Waals surface area contributed by atoms with Crippen molar-refractivity contribution < 1.29 is 13.2 Å². The molecule has 1 saturated heterocycles. The van der Waals surface area contributed by atoms with Crippen molar-refractivity contribution in [2.45, 2.75) is 36.9 Å². The van der Waals surface area contributed by atoms with Crippen LogP contribution in [0.4, 0.5) is 0 Å². The Kier molecular flexibility index (Phi) is 5.22. The van der Waals surface area contributed by atoms with Crippen LogP contribution in [0, 0.1) is 0 Å². The lowest BCUT2D eigenvalue weighted by atomic mass is 10.1. The number of fused-ring (bicyclic) bond motifs is 1. The maximum Gasteiger partial charge on any atom is 0.285 e. The van der Waals surface area contributed by atoms with E-state index in [0.29, 0.717) is 37.5 Å². The van der Waals surface area contributed by atoms with Gasteiger partial charge in [-0.15, -0.1) is 4.40 Å². The molecule has 5 rings (SSSR count). The molecule has 2 aliphatic rings. The summed E-state index contributed by atoms with van der Waals surface area (Å²) < 4.78 is 30.6. The van der Waals surface area contributed by atoms with Gasteiger partial charge in [-0.1, -0.05) is 36.4 Å². The number of rotatable bonds is 5. The molecule has 2 aromatic carbocycles. The van der Waals surface area contributed by atoms with Crippen LogP contribution in [0.25, 0.3) is 0 Å². The van der Waals surface area contributed by atoms with Gasteiger partial charge in [-0.3, -0.25) is 4.79 Å². The van der Waals surface area contributed by atoms with E-state index in [2.05, 4.69) is 19.8 Å². The highest BCUT2D eigenvalue weighted by Crippen LogP contribution is 2.31. The maximum absolute atomic E-state index is 13.1. The van der Waals surface area contributed by atoms with E-state index in [4.69, 9.17) is 0 Å². The molecular weight excluding hydrogens is 428 g/mol. The molecule has 10 heteroatoms. The highest BCUT2D eigenvalue weighted by molar-refractivity contribution is 7.90. The molecule has 1 atom stereocenters. The molecule has 0 bridgehead atoms. The smallest absolute Gasteiger partial charge is 0.285 e. The van der Waals surface area contributed by atoms with Crippen molar-refractivity contribution in [3.63, 3.8) is 0 Å². The van der Waals surface area contributed by atoms with Crippen molar-refractivity contribution in [1.82, 2.24) is 25.0 Å². The van der Waals surface area contributed by atoms with Gasteiger partial charge in [0.05, 0.1) is 6.54 Å². The SMILES string of the molecule is O=C(NCc1ccccc1Cn1cncn1)[C@@H]1CCCN1C1=NS(=O)(=O)c2ccccc21. The molecule has 0 spiro atoms. The van der Waals surface area contributed by atoms with E-state index in [1.165, 1.54) is 6.33 Å². The van der Waals surface area contributed by atoms with Crippen LogP contribution in [0.1, 0.15) is 29.5 Å². The Hall–Kier alpha value is -3.53. The van der Waals surface area contributed by atoms with Crippen molar-refractivity contribution in [2.24, 2.45) is 4.40 Å². The molecule has 1 amide bonds. The first-order chi connectivity index (χ1) is 15.5. The monoisotopic (exact) mass is 450 g/mol. The number of hydrogen-bond donors (Lipinski definition) is 1. The number of likely N-dealkylation sites (tertiary alicyclic amines) is 1. The third kappa shape index (κ3) is 3.77. The molecule has 2 aliphatic heterocycles. The largest absolute Gasteiger partial charge is 0.350 e. The molecule has 0 radical (unpaired) electrons. The van der Waals surface area contributed by atoms with Gasteiger partial charge in [0.1, 0.15) is 23.6 Å². The fourth-order valence-corrected chi connectivity index (χ4v) is 5.48. The van der Waals surface area contributed by atoms with Crippen molar-refractivity contribution in [3.8, 4) is 0 Å². The molecule has 3 heterocycles. The summed E-state index contributed by atoms with van der Waals surface area (Å²) in [7, 11) is -3.73. The van der Waals surface area contributed by atoms with E-state index < -0.39 is 16.1 Å². The van der Waals surface area contributed by atoms with Gasteiger partial charge in [0.15, 0.2) is 5.84 Å². The number of nitrogens with zero attached hydrogens (tertiary/aromatic N) is 5. The number of benzene rings is 2. The van der Waals surface area contributed by atoms with Crippen LogP contribution in [0.15, 0.2) is 70.5 Å². The lowest BCUT2D eigenvalue weighted by Crippen LogP contribution is -2.45. The zero-order valence-electron chi connectivity index (χ0n) is 17.3. The van der Waals surface area contributed by atoms with Crippen LogP contribution in [-0.4, -0.2) is 52.4 Å². The van der Waals surface area contributed by atoms with Crippen LogP contribution in [0.3, 0.4) is 0 Å². The van der Waals surface area contributed by atoms with Gasteiger partial charge in [-0.05, 0) is 36.1 Å². The van der Waals surface area contributed by atoms with Crippen molar-refractivity contribution >= 4 is 21.8 Å². The maximum atomic E-state index is 13.1. The summed E-state index contributed by atoms with van der Waals surface area (Å²) in [6.45, 7) is 1.52. The van der Waals surface area contributed by atoms with Crippen molar-refractivity contribution in [3.05, 3.63) is 77.9 Å². The summed E-state index contributed by atoms with van der Waals surface area (Å²) >= 11 is 0. The Morgan fingerprint density at radius 1 is 1.09 bits per heavy atom. The van der Waals surface area contributed by atoms with Crippen LogP contribution in [0.2, 0.25) is 0 Å². The van der Waals surface area contributed by atoms with Gasteiger partial charge < -0.3 is 10.2 Å². The summed E-state index contributed by atoms with van der Waals surface area (Å²) in [5, 5.41) is 7.17. The van der Waals surface area contributed by atoms with Crippen molar-refractivity contribution in [1.29, 1.82) is 0 Å². The van der Waals surface area contributed by atoms with Gasteiger partial charge in [0.2, 0.25) is 5.91 Å². The van der Waals surface area contributed by atoms with Crippen LogP contribution in [-0.2, 0) is 27.9 Å². The summed E-state index contributed by atoms with van der Waals surface area (Å²) in [5.41, 5.74) is 2.60. The van der Waals surface area contributed by atoms with Gasteiger partial charge in [-0.2, -0.15) is 13.5 Å². The summed E-state index contributed by atoms with van der Waals surface area (Å²) in [6.07, 6.45) is 4.58. The van der Waals surface area contributed by atoms with Crippen molar-refractivity contribution in [2.75, 3.05) is 6.54 Å². The molecule has 1 aromatic heterocycles. The molecule has 0 unspecified atom stereocenters. The van der Waals surface area contributed by atoms with Gasteiger partial charge >= 0.3 is 0 Å². The van der Waals surface area contributed by atoms with E-state index in [0.717, 1.165) is 17.5 Å². The average molecular weight is 451 g/mol. The summed E-state index contributed by atoms with van der Waals surface area (Å²) in [6, 6.07) is 14.2. The Balaban J connectivity index is 1.32. The lowest BCUT2D eigenvalue weighted by Gasteiger charge is -2.25. The second-order valence-electron chi connectivity index (χ2n) is 7.82. The molecule has 32 heavy (non-hydrogen) atoms. The minimum atomic E-state index is -3.73. The standard InChI is InChI=1S/C22H22N6O3S/c29-22(24-12-16-6-1-2-7-17(16)13-27-15-23-14-25-27)19-9-5-11-28(19)21-18-8-3-4-10-20(18)32(30,31)26-21/h1-4,6-8,10,14-15,19H,5,9,11-13H2,(H,24,29)/t19-/m0/s1. The van der Waals surface area contributed by atoms with Gasteiger partial charge in [-0.25, -0.2) is 9.67 Å². The topological polar surface area (TPSA) is 110 Å². The van der Waals surface area contributed by atoms with E-state index in [-0.39, 0.29) is 10.8 Å². The average Bonchev–Trinajstić information content (AvgIpc) is 3.53. The van der Waals surface area contributed by atoms with Gasteiger partial charge in [0.25, 0.3) is 10.0 Å². The highest BCUT2D eigenvalue weighted by atomic mass is 32.2. The zero-order valence-corrected chi connectivity index (χ0v) is 18.1. The fourth-order valence-electron chi connectivity index (χ4n) is 4.26. The predicted molar refractivity (Wildman–Crippen MR) is 117 cm³/mol. The first-order valence-electron chi connectivity index (χ1n) is 10.4. The number of carbonyl (C=O) groups excluding carboxylic acids is 1. The first-order valence-corrected chi connectivity index (χ1v) is 11.8. The molecule has 9 nitrogen and oxygen atoms in total. The minimum absolute atomic E-state index is 0.137. The number of hydrogen-bond acceptors (Lipinski definition) is 6. The lowest BCUT2D eigenvalue weighted by molar-refractivity contribution is -0.124. The van der Waals surface area contributed by atoms with Gasteiger partial charge in [0, 0.05) is 18.7 Å². The Bertz CT molecular complexity index is 1290. The molecule has 3 aromatic rings. The number of aromatic nitrogens is 3. The van der Waals surface area contributed by atoms with E-state index in [1.807, 2.05) is 29.2 Å². The molecule has 164 valence electrons. The molecule has 0 aliphatic carbocycles. The van der Waals surface area contributed by atoms with Crippen LogP contribution < -0.4 is 5.32 Å². The zero-order chi connectivity index (χ0) is 22.1. The summed E-state index contributed by atoms with van der Waals surface area (Å²) in [5.74, 6) is 0.229. The fraction of sp³-hybridized carbons (Fsp3) is 0.273. The second kappa shape index (κ2) is 8.19. The Morgan fingerprint density at radius 2 is 1.88 bits per heavy atom. The van der Waals surface area contributed by atoms with E-state index >= 15 is 0 Å².